The largest absolute Gasteiger partial charge is 0.493 e. The lowest BCUT2D eigenvalue weighted by Gasteiger charge is -2.12. The van der Waals surface area contributed by atoms with Crippen LogP contribution in [0.5, 0.6) is 11.5 Å². The van der Waals surface area contributed by atoms with Gasteiger partial charge in [-0.2, -0.15) is 13.8 Å². The maximum Gasteiger partial charge on any atom is 0.387 e. The van der Waals surface area contributed by atoms with Gasteiger partial charge in [-0.25, -0.2) is 0 Å². The average molecular weight is 373 g/mol. The van der Waals surface area contributed by atoms with Gasteiger partial charge in [0, 0.05) is 13.5 Å². The molecule has 1 aromatic carbocycles. The molecular formula is C15H17F2N3O4S. The van der Waals surface area contributed by atoms with Crippen molar-refractivity contribution in [3.05, 3.63) is 35.5 Å². The lowest BCUT2D eigenvalue weighted by molar-refractivity contribution is -0.118. The van der Waals surface area contributed by atoms with Gasteiger partial charge in [-0.3, -0.25) is 4.79 Å². The van der Waals surface area contributed by atoms with Crippen molar-refractivity contribution in [2.24, 2.45) is 0 Å². The number of ether oxygens (including phenoxy) is 2. The van der Waals surface area contributed by atoms with Crippen LogP contribution in [0.4, 0.5) is 8.78 Å². The maximum atomic E-state index is 12.4. The summed E-state index contributed by atoms with van der Waals surface area (Å²) in [5.41, 5.74) is 0.614. The van der Waals surface area contributed by atoms with Crippen LogP contribution >= 0.6 is 11.8 Å². The third-order valence-corrected chi connectivity index (χ3v) is 3.90. The van der Waals surface area contributed by atoms with Crippen molar-refractivity contribution in [2.45, 2.75) is 25.8 Å². The molecule has 0 bridgehead atoms. The van der Waals surface area contributed by atoms with Crippen LogP contribution in [0.1, 0.15) is 17.3 Å². The summed E-state index contributed by atoms with van der Waals surface area (Å²) in [6.45, 7) is -1.08. The molecule has 0 aliphatic rings. The van der Waals surface area contributed by atoms with Crippen molar-refractivity contribution in [1.82, 2.24) is 15.5 Å². The third kappa shape index (κ3) is 6.22. The molecule has 1 amide bonds. The molecule has 0 aliphatic heterocycles. The minimum absolute atomic E-state index is 0.0777. The molecule has 136 valence electrons. The van der Waals surface area contributed by atoms with Gasteiger partial charge in [0.15, 0.2) is 17.3 Å². The summed E-state index contributed by atoms with van der Waals surface area (Å²) < 4.78 is 39.0. The van der Waals surface area contributed by atoms with Crippen molar-refractivity contribution < 1.29 is 27.6 Å². The van der Waals surface area contributed by atoms with Gasteiger partial charge in [0.05, 0.1) is 18.6 Å². The highest BCUT2D eigenvalue weighted by Gasteiger charge is 2.12. The van der Waals surface area contributed by atoms with E-state index in [1.54, 1.807) is 13.0 Å². The van der Waals surface area contributed by atoms with Gasteiger partial charge in [0.2, 0.25) is 11.8 Å². The lowest BCUT2D eigenvalue weighted by atomic mass is 10.2. The Bertz CT molecular complexity index is 712. The zero-order valence-electron chi connectivity index (χ0n) is 13.6. The smallest absolute Gasteiger partial charge is 0.387 e. The van der Waals surface area contributed by atoms with Gasteiger partial charge in [0.25, 0.3) is 0 Å². The molecule has 0 radical (unpaired) electrons. The third-order valence-electron chi connectivity index (χ3n) is 2.97. The number of benzene rings is 1. The van der Waals surface area contributed by atoms with Gasteiger partial charge in [-0.05, 0) is 17.7 Å². The van der Waals surface area contributed by atoms with Gasteiger partial charge in [0.1, 0.15) is 0 Å². The molecule has 25 heavy (non-hydrogen) atoms. The van der Waals surface area contributed by atoms with Gasteiger partial charge < -0.3 is 19.3 Å². The molecule has 7 nitrogen and oxygen atoms in total. The zero-order valence-corrected chi connectivity index (χ0v) is 14.4. The molecule has 0 fully saturated rings. The number of alkyl halides is 2. The average Bonchev–Trinajstić information content (AvgIpc) is 2.98. The van der Waals surface area contributed by atoms with E-state index in [2.05, 4.69) is 20.2 Å². The Kier molecular flexibility index (Phi) is 6.99. The molecule has 1 aromatic heterocycles. The van der Waals surface area contributed by atoms with E-state index in [0.29, 0.717) is 23.0 Å². The highest BCUT2D eigenvalue weighted by atomic mass is 32.2. The predicted octanol–water partition coefficient (Wildman–Crippen LogP) is 2.54. The number of amides is 1. The van der Waals surface area contributed by atoms with Crippen LogP contribution in [0.25, 0.3) is 0 Å². The van der Waals surface area contributed by atoms with Crippen LogP contribution in [-0.2, 0) is 17.1 Å². The summed E-state index contributed by atoms with van der Waals surface area (Å²) in [4.78, 5) is 15.9. The van der Waals surface area contributed by atoms with E-state index in [-0.39, 0.29) is 29.7 Å². The first kappa shape index (κ1) is 19.0. The highest BCUT2D eigenvalue weighted by molar-refractivity contribution is 7.99. The quantitative estimate of drug-likeness (QED) is 0.723. The predicted molar refractivity (Wildman–Crippen MR) is 86.7 cm³/mol. The van der Waals surface area contributed by atoms with Crippen molar-refractivity contribution in [3.63, 3.8) is 0 Å². The summed E-state index contributed by atoms with van der Waals surface area (Å²) in [6, 6.07) is 4.57. The first-order valence-electron chi connectivity index (χ1n) is 7.23. The van der Waals surface area contributed by atoms with Crippen LogP contribution in [0, 0.1) is 6.92 Å². The van der Waals surface area contributed by atoms with E-state index < -0.39 is 6.61 Å². The summed E-state index contributed by atoms with van der Waals surface area (Å²) in [7, 11) is 1.36. The fourth-order valence-corrected chi connectivity index (χ4v) is 2.60. The second-order valence-corrected chi connectivity index (χ2v) is 5.85. The van der Waals surface area contributed by atoms with E-state index in [9.17, 15) is 13.6 Å². The number of carbonyl (C=O) groups is 1. The number of carbonyl (C=O) groups excluding carboxylic acids is 1. The number of halogens is 2. The van der Waals surface area contributed by atoms with E-state index >= 15 is 0 Å². The van der Waals surface area contributed by atoms with Crippen molar-refractivity contribution >= 4 is 17.7 Å². The number of nitrogens with zero attached hydrogens (tertiary/aromatic N) is 2. The SMILES string of the molecule is COc1ccc(CNC(=O)CSCc2noc(C)n2)cc1OC(F)F. The molecule has 0 atom stereocenters. The second kappa shape index (κ2) is 9.21. The van der Waals surface area contributed by atoms with Crippen LogP contribution in [0.2, 0.25) is 0 Å². The zero-order chi connectivity index (χ0) is 18.2. The number of nitrogens with one attached hydrogen (secondary N) is 1. The molecule has 0 unspecified atom stereocenters. The van der Waals surface area contributed by atoms with Gasteiger partial charge in [-0.15, -0.1) is 11.8 Å². The van der Waals surface area contributed by atoms with E-state index in [1.165, 1.54) is 31.0 Å². The van der Waals surface area contributed by atoms with Gasteiger partial charge >= 0.3 is 6.61 Å². The summed E-state index contributed by atoms with van der Waals surface area (Å²) >= 11 is 1.34. The molecule has 1 heterocycles. The second-order valence-electron chi connectivity index (χ2n) is 4.86. The van der Waals surface area contributed by atoms with Crippen molar-refractivity contribution in [2.75, 3.05) is 12.9 Å². The Morgan fingerprint density at radius 1 is 1.40 bits per heavy atom. The number of thioether (sulfide) groups is 1. The minimum Gasteiger partial charge on any atom is -0.493 e. The minimum atomic E-state index is -2.95. The normalized spacial score (nSPS) is 10.8. The van der Waals surface area contributed by atoms with Crippen LogP contribution in [0.3, 0.4) is 0 Å². The van der Waals surface area contributed by atoms with Gasteiger partial charge in [-0.1, -0.05) is 11.2 Å². The molecule has 0 saturated heterocycles. The molecule has 0 aliphatic carbocycles. The lowest BCUT2D eigenvalue weighted by Crippen LogP contribution is -2.24. The molecule has 2 rings (SSSR count). The van der Waals surface area contributed by atoms with E-state index in [0.717, 1.165) is 0 Å². The Morgan fingerprint density at radius 2 is 2.20 bits per heavy atom. The first-order valence-corrected chi connectivity index (χ1v) is 8.38. The van der Waals surface area contributed by atoms with E-state index in [4.69, 9.17) is 9.26 Å². The standard InChI is InChI=1S/C15H17F2N3O4S/c1-9-19-13(20-24-9)7-25-8-14(21)18-6-10-3-4-11(22-2)12(5-10)23-15(16)17/h3-5,15H,6-8H2,1-2H3,(H,18,21). The van der Waals surface area contributed by atoms with E-state index in [1.807, 2.05) is 0 Å². The summed E-state index contributed by atoms with van der Waals surface area (Å²) in [6.07, 6.45) is 0. The fourth-order valence-electron chi connectivity index (χ4n) is 1.91. The molecule has 10 heteroatoms. The fraction of sp³-hybridized carbons (Fsp3) is 0.400. The molecular weight excluding hydrogens is 356 g/mol. The topological polar surface area (TPSA) is 86.5 Å². The Labute approximate surface area is 147 Å². The molecule has 0 saturated carbocycles. The van der Waals surface area contributed by atoms with Crippen LogP contribution < -0.4 is 14.8 Å². The Hall–Kier alpha value is -2.36. The van der Waals surface area contributed by atoms with Crippen molar-refractivity contribution in [1.29, 1.82) is 0 Å². The summed E-state index contributed by atoms with van der Waals surface area (Å²) in [5, 5.41) is 6.43. The maximum absolute atomic E-state index is 12.4. The number of methoxy groups -OCH3 is 1. The highest BCUT2D eigenvalue weighted by Crippen LogP contribution is 2.29. The Morgan fingerprint density at radius 3 is 2.84 bits per heavy atom. The number of aromatic nitrogens is 2. The Balaban J connectivity index is 1.80. The monoisotopic (exact) mass is 373 g/mol. The number of aryl methyl sites for hydroxylation is 1. The first-order chi connectivity index (χ1) is 12.0. The number of hydrogen-bond donors (Lipinski definition) is 1. The molecule has 0 spiro atoms. The summed E-state index contributed by atoms with van der Waals surface area (Å²) in [5.74, 6) is 1.59. The molecule has 1 N–H and O–H groups in total. The molecule has 2 aromatic rings. The van der Waals surface area contributed by atoms with Crippen molar-refractivity contribution in [3.8, 4) is 11.5 Å². The number of hydrogen-bond acceptors (Lipinski definition) is 7. The van der Waals surface area contributed by atoms with Crippen LogP contribution in [-0.4, -0.2) is 35.5 Å². The number of rotatable bonds is 9. The van der Waals surface area contributed by atoms with Crippen LogP contribution in [0.15, 0.2) is 22.7 Å².